The molecule has 13 rings (SSSR count). The van der Waals surface area contributed by atoms with E-state index in [1.54, 1.807) is 25.2 Å². The Morgan fingerprint density at radius 3 is 2.29 bits per heavy atom. The van der Waals surface area contributed by atoms with Crippen molar-refractivity contribution < 1.29 is 52.6 Å². The van der Waals surface area contributed by atoms with E-state index in [0.717, 1.165) is 149 Å². The number of nitrogens with one attached hydrogen (secondary N) is 5. The summed E-state index contributed by atoms with van der Waals surface area (Å²) >= 11 is 1.57. The third kappa shape index (κ3) is 15.3. The Morgan fingerprint density at radius 1 is 0.827 bits per heavy atom. The lowest BCUT2D eigenvalue weighted by Gasteiger charge is -2.69. The quantitative estimate of drug-likeness (QED) is 0.0131. The zero-order valence-electron chi connectivity index (χ0n) is 57.3. The maximum absolute atomic E-state index is 14.0. The molecule has 5 fully saturated rings. The van der Waals surface area contributed by atoms with Crippen LogP contribution < -0.4 is 37.2 Å². The molecule has 4 saturated carbocycles. The molecule has 7 aliphatic rings. The highest BCUT2D eigenvalue weighted by atomic mass is 32.1. The highest BCUT2D eigenvalue weighted by molar-refractivity contribution is 7.22. The van der Waals surface area contributed by atoms with Gasteiger partial charge in [-0.2, -0.15) is 5.10 Å². The zero-order valence-corrected chi connectivity index (χ0v) is 58.1. The standard InChI is InChI=1S/C72H91N15O10S/c1-44(2)60(80-57(88)24-31-96-32-27-85-58(89)22-23-59(85)90)65(92)77-53(13-10-25-74-67(73)95)64(91)76-49-17-15-48(16-18-49)36-87(28-8-9-29-87)30-33-97-72-40-69(6)37-70(7,41-72)39-71(38-69,42-72)43-86-47(5)52(35-75-86)51-19-21-56(79-61(51)66(93)94)84-26-11-12-50-46(4)62(82-83-63(50)84)81-68-78-54-34-45(3)14-20-55(54)98-68/h14-23,34-35,44,53,60H,8-13,24-33,36-43H2,1-7H3,(H7-,73,74,76,77,78,80,81,82,88,91,92,93,94,95)/p+1/t53-,60-,69?,70?,71?,72?/m0/s1. The number of carboxylic acid groups (broad SMARTS) is 1. The number of carbonyl (C=O) groups excluding carboxylic acids is 6. The number of quaternary nitrogens is 1. The molecule has 6 aromatic rings. The molecule has 3 aliphatic heterocycles. The van der Waals surface area contributed by atoms with E-state index in [2.05, 4.69) is 75.3 Å². The number of thiazole rings is 1. The van der Waals surface area contributed by atoms with Crippen LogP contribution in [0.25, 0.3) is 21.3 Å². The Morgan fingerprint density at radius 2 is 1.57 bits per heavy atom. The van der Waals surface area contributed by atoms with E-state index in [1.165, 1.54) is 12.2 Å². The molecular formula is C72H92N15O10S+. The lowest BCUT2D eigenvalue weighted by molar-refractivity contribution is -0.930. The topological polar surface area (TPSA) is 320 Å². The molecule has 2 unspecified atom stereocenters. The van der Waals surface area contributed by atoms with E-state index < -0.39 is 53.6 Å². The van der Waals surface area contributed by atoms with Gasteiger partial charge < -0.3 is 56.3 Å². The number of ether oxygens (including phenoxy) is 2. The predicted octanol–water partition coefficient (Wildman–Crippen LogP) is 9.09. The van der Waals surface area contributed by atoms with Gasteiger partial charge in [0.15, 0.2) is 22.5 Å². The largest absolute Gasteiger partial charge is 0.476 e. The molecule has 8 N–H and O–H groups in total. The van der Waals surface area contributed by atoms with Gasteiger partial charge in [0.05, 0.1) is 61.5 Å². The molecule has 26 heteroatoms. The molecule has 2 aromatic carbocycles. The minimum absolute atomic E-state index is 0.00696. The van der Waals surface area contributed by atoms with Gasteiger partial charge in [-0.3, -0.25) is 33.6 Å². The van der Waals surface area contributed by atoms with Gasteiger partial charge in [-0.15, -0.1) is 10.2 Å². The van der Waals surface area contributed by atoms with Crippen molar-refractivity contribution in [3.63, 3.8) is 0 Å². The summed E-state index contributed by atoms with van der Waals surface area (Å²) in [6.07, 6.45) is 14.7. The summed E-state index contributed by atoms with van der Waals surface area (Å²) in [6, 6.07) is 15.1. The Labute approximate surface area is 575 Å². The van der Waals surface area contributed by atoms with Crippen LogP contribution in [0.5, 0.6) is 0 Å². The Kier molecular flexibility index (Phi) is 19.9. The van der Waals surface area contributed by atoms with Crippen LogP contribution in [0.2, 0.25) is 0 Å². The number of fused-ring (bicyclic) bond motifs is 2. The number of imide groups is 1. The average molecular weight is 1360 g/mol. The van der Waals surface area contributed by atoms with E-state index in [1.807, 2.05) is 61.3 Å². The maximum atomic E-state index is 14.0. The van der Waals surface area contributed by atoms with E-state index in [-0.39, 0.29) is 72.6 Å². The fraction of sp³-hybridized carbons (Fsp3) is 0.528. The number of aryl methyl sites for hydroxylation is 1. The number of rotatable bonds is 29. The monoisotopic (exact) mass is 1360 g/mol. The molecule has 25 nitrogen and oxygen atoms in total. The van der Waals surface area contributed by atoms with Crippen LogP contribution in [-0.2, 0) is 53.0 Å². The number of benzene rings is 2. The fourth-order valence-electron chi connectivity index (χ4n) is 17.6. The first-order chi connectivity index (χ1) is 46.8. The lowest BCUT2D eigenvalue weighted by Crippen LogP contribution is -2.64. The average Bonchev–Trinajstić information content (AvgIpc) is 0.824. The molecule has 4 atom stereocenters. The number of carboxylic acids is 1. The number of anilines is 5. The third-order valence-electron chi connectivity index (χ3n) is 21.0. The van der Waals surface area contributed by atoms with Crippen molar-refractivity contribution in [2.45, 2.75) is 163 Å². The molecule has 4 aliphatic carbocycles. The number of hydrogen-bond acceptors (Lipinski definition) is 17. The number of carbonyl (C=O) groups is 7. The second-order valence-corrected chi connectivity index (χ2v) is 30.6. The lowest BCUT2D eigenvalue weighted by atomic mass is 9.39. The van der Waals surface area contributed by atoms with Crippen molar-refractivity contribution in [3.05, 3.63) is 107 Å². The number of hydrogen-bond donors (Lipinski definition) is 7. The molecular weight excluding hydrogens is 1270 g/mol. The Hall–Kier alpha value is -8.72. The summed E-state index contributed by atoms with van der Waals surface area (Å²) in [7, 11) is 0. The Balaban J connectivity index is 0.671. The number of aromatic nitrogens is 6. The van der Waals surface area contributed by atoms with Crippen molar-refractivity contribution in [1.82, 2.24) is 50.8 Å². The first kappa shape index (κ1) is 69.2. The van der Waals surface area contributed by atoms with E-state index >= 15 is 0 Å². The second kappa shape index (κ2) is 28.3. The van der Waals surface area contributed by atoms with Crippen LogP contribution in [0.15, 0.2) is 72.9 Å². The molecule has 98 heavy (non-hydrogen) atoms. The second-order valence-electron chi connectivity index (χ2n) is 29.6. The highest BCUT2D eigenvalue weighted by Crippen LogP contribution is 2.72. The number of amides is 7. The van der Waals surface area contributed by atoms with Crippen LogP contribution >= 0.6 is 11.3 Å². The molecule has 4 bridgehead atoms. The third-order valence-corrected chi connectivity index (χ3v) is 21.9. The minimum Gasteiger partial charge on any atom is -0.476 e. The van der Waals surface area contributed by atoms with Crippen molar-refractivity contribution in [2.75, 3.05) is 74.6 Å². The normalized spacial score (nSPS) is 22.7. The van der Waals surface area contributed by atoms with Crippen LogP contribution in [0, 0.1) is 42.9 Å². The summed E-state index contributed by atoms with van der Waals surface area (Å²) in [5.74, 6) is -1.97. The van der Waals surface area contributed by atoms with Gasteiger partial charge in [0.1, 0.15) is 31.0 Å². The molecule has 7 heterocycles. The molecule has 520 valence electrons. The van der Waals surface area contributed by atoms with Crippen LogP contribution in [-0.4, -0.2) is 163 Å². The van der Waals surface area contributed by atoms with Gasteiger partial charge in [0.25, 0.3) is 11.8 Å². The summed E-state index contributed by atoms with van der Waals surface area (Å²) in [5.41, 5.74) is 13.0. The maximum Gasteiger partial charge on any atom is 0.355 e. The Bertz CT molecular complexity index is 4050. The van der Waals surface area contributed by atoms with Crippen LogP contribution in [0.4, 0.5) is 33.1 Å². The summed E-state index contributed by atoms with van der Waals surface area (Å²) < 4.78 is 17.0. The molecule has 0 radical (unpaired) electrons. The SMILES string of the molecule is Cc1ccc2sc(Nc3nnc4c(c3C)CCCN4c3ccc(-c4cnn(CC56CC7(C)CC(C)(C5)CC(OCC[N+]5(Cc8ccc(NC(=O)[C@H](CCCNC(N)=O)NC(=O)[C@@H](NC(=O)CCOCCN9C(=O)C=CC9=O)C(C)C)cc8)CCCC5)(C7)C6)c4C)c(C(=O)O)n3)nc2c1. The smallest absolute Gasteiger partial charge is 0.355 e. The summed E-state index contributed by atoms with van der Waals surface area (Å²) in [4.78, 5) is 102. The van der Waals surface area contributed by atoms with Crippen molar-refractivity contribution >= 4 is 91.4 Å². The molecule has 0 spiro atoms. The van der Waals surface area contributed by atoms with Crippen LogP contribution in [0.1, 0.15) is 143 Å². The van der Waals surface area contributed by atoms with E-state index in [0.29, 0.717) is 54.8 Å². The van der Waals surface area contributed by atoms with E-state index in [9.17, 15) is 38.7 Å². The summed E-state index contributed by atoms with van der Waals surface area (Å²) in [6.45, 7) is 20.5. The number of urea groups is 1. The minimum atomic E-state index is -1.12. The predicted molar refractivity (Wildman–Crippen MR) is 372 cm³/mol. The van der Waals surface area contributed by atoms with E-state index in [4.69, 9.17) is 35.4 Å². The van der Waals surface area contributed by atoms with Crippen molar-refractivity contribution in [1.29, 1.82) is 0 Å². The van der Waals surface area contributed by atoms with Gasteiger partial charge in [0, 0.05) is 90.2 Å². The number of pyridine rings is 1. The van der Waals surface area contributed by atoms with Gasteiger partial charge >= 0.3 is 12.0 Å². The zero-order chi connectivity index (χ0) is 69.3. The van der Waals surface area contributed by atoms with Crippen molar-refractivity contribution in [3.8, 4) is 11.1 Å². The molecule has 7 amide bonds. The van der Waals surface area contributed by atoms with Gasteiger partial charge in [-0.1, -0.05) is 57.2 Å². The van der Waals surface area contributed by atoms with Gasteiger partial charge in [-0.25, -0.2) is 19.6 Å². The number of nitrogens with zero attached hydrogens (tertiary/aromatic N) is 9. The molecule has 1 saturated heterocycles. The summed E-state index contributed by atoms with van der Waals surface area (Å²) in [5, 5.41) is 40.5. The number of primary amides is 1. The van der Waals surface area contributed by atoms with Gasteiger partial charge in [-0.05, 0) is 149 Å². The van der Waals surface area contributed by atoms with Crippen molar-refractivity contribution in [2.24, 2.45) is 27.9 Å². The molecule has 4 aromatic heterocycles. The fourth-order valence-corrected chi connectivity index (χ4v) is 18.4. The first-order valence-electron chi connectivity index (χ1n) is 34.5. The number of aromatic carboxylic acids is 1. The van der Waals surface area contributed by atoms with Crippen LogP contribution in [0.3, 0.4) is 0 Å². The number of nitrogens with two attached hydrogens (primary N) is 1. The van der Waals surface area contributed by atoms with Gasteiger partial charge in [0.2, 0.25) is 17.7 Å². The number of likely N-dealkylation sites (tertiary alicyclic amines) is 1. The first-order valence-corrected chi connectivity index (χ1v) is 35.3. The highest BCUT2D eigenvalue weighted by Gasteiger charge is 2.66.